The minimum atomic E-state index is -2.27. The van der Waals surface area contributed by atoms with Crippen LogP contribution < -0.4 is 11.1 Å². The number of halogens is 5. The van der Waals surface area contributed by atoms with Crippen LogP contribution >= 0.6 is 0 Å². The molecule has 0 saturated carbocycles. The molecule has 1 aromatic rings. The molecular weight excluding hydrogens is 247 g/mol. The summed E-state index contributed by atoms with van der Waals surface area (Å²) in [6, 6.07) is -1.29. The molecule has 3 N–H and O–H groups in total. The number of nitrogens with one attached hydrogen (secondary N) is 1. The lowest BCUT2D eigenvalue weighted by atomic mass is 10.2. The number of hydrogen-bond acceptors (Lipinski definition) is 2. The summed E-state index contributed by atoms with van der Waals surface area (Å²) in [6.07, 6.45) is 0. The highest BCUT2D eigenvalue weighted by Gasteiger charge is 2.27. The molecule has 1 unspecified atom stereocenters. The van der Waals surface area contributed by atoms with Crippen molar-refractivity contribution in [1.82, 2.24) is 0 Å². The highest BCUT2D eigenvalue weighted by Crippen LogP contribution is 2.27. The average Bonchev–Trinajstić information content (AvgIpc) is 2.29. The molecule has 0 bridgehead atoms. The Morgan fingerprint density at radius 2 is 1.35 bits per heavy atom. The van der Waals surface area contributed by atoms with Crippen LogP contribution in [0.2, 0.25) is 0 Å². The van der Waals surface area contributed by atoms with Gasteiger partial charge in [-0.15, -0.1) is 0 Å². The van der Waals surface area contributed by atoms with Crippen LogP contribution in [0.5, 0.6) is 0 Å². The van der Waals surface area contributed by atoms with Crippen molar-refractivity contribution in [1.29, 1.82) is 0 Å². The number of benzene rings is 1. The van der Waals surface area contributed by atoms with Gasteiger partial charge in [-0.1, -0.05) is 0 Å². The van der Waals surface area contributed by atoms with E-state index in [9.17, 15) is 26.7 Å². The largest absolute Gasteiger partial charge is 0.369 e. The normalized spacial score (nSPS) is 12.4. The lowest BCUT2D eigenvalue weighted by Crippen LogP contribution is -2.33. The molecule has 0 spiro atoms. The van der Waals surface area contributed by atoms with Gasteiger partial charge in [-0.25, -0.2) is 22.0 Å². The summed E-state index contributed by atoms with van der Waals surface area (Å²) < 4.78 is 64.3. The minimum Gasteiger partial charge on any atom is -0.369 e. The molecule has 0 fully saturated rings. The monoisotopic (exact) mass is 254 g/mol. The summed E-state index contributed by atoms with van der Waals surface area (Å²) in [5, 5.41) is 1.82. The second-order valence-electron chi connectivity index (χ2n) is 3.21. The van der Waals surface area contributed by atoms with Gasteiger partial charge in [0.2, 0.25) is 11.7 Å². The summed E-state index contributed by atoms with van der Waals surface area (Å²) in [6.45, 7) is 1.11. The molecule has 0 saturated heterocycles. The van der Waals surface area contributed by atoms with E-state index in [-0.39, 0.29) is 0 Å². The van der Waals surface area contributed by atoms with Crippen LogP contribution in [0.3, 0.4) is 0 Å². The number of rotatable bonds is 3. The maximum Gasteiger partial charge on any atom is 0.239 e. The molecule has 1 amide bonds. The van der Waals surface area contributed by atoms with Crippen molar-refractivity contribution in [3.63, 3.8) is 0 Å². The average molecular weight is 254 g/mol. The van der Waals surface area contributed by atoms with E-state index in [4.69, 9.17) is 5.73 Å². The smallest absolute Gasteiger partial charge is 0.239 e. The minimum absolute atomic E-state index is 1.01. The van der Waals surface area contributed by atoms with Crippen molar-refractivity contribution in [3.8, 4) is 0 Å². The molecule has 1 rings (SSSR count). The number of anilines is 1. The van der Waals surface area contributed by atoms with Crippen LogP contribution in [-0.4, -0.2) is 11.9 Å². The quantitative estimate of drug-likeness (QED) is 0.489. The van der Waals surface area contributed by atoms with E-state index in [0.717, 1.165) is 6.92 Å². The van der Waals surface area contributed by atoms with E-state index in [1.807, 2.05) is 5.32 Å². The number of nitrogens with two attached hydrogens (primary N) is 1. The van der Waals surface area contributed by atoms with Gasteiger partial charge in [-0.3, -0.25) is 4.79 Å². The summed E-state index contributed by atoms with van der Waals surface area (Å²) in [5.41, 5.74) is 3.50. The van der Waals surface area contributed by atoms with E-state index in [2.05, 4.69) is 0 Å². The molecule has 8 heteroatoms. The fourth-order valence-electron chi connectivity index (χ4n) is 1.02. The Balaban J connectivity index is 3.30. The second-order valence-corrected chi connectivity index (χ2v) is 3.21. The highest BCUT2D eigenvalue weighted by atomic mass is 19.2. The Kier molecular flexibility index (Phi) is 3.54. The Morgan fingerprint density at radius 1 is 1.00 bits per heavy atom. The van der Waals surface area contributed by atoms with Crippen LogP contribution in [0.25, 0.3) is 0 Å². The molecule has 0 aromatic heterocycles. The third-order valence-electron chi connectivity index (χ3n) is 2.00. The van der Waals surface area contributed by atoms with Gasteiger partial charge >= 0.3 is 0 Å². The SMILES string of the molecule is CC(Nc1c(F)c(F)c(F)c(F)c1F)C(N)=O. The maximum atomic E-state index is 13.1. The van der Waals surface area contributed by atoms with E-state index < -0.39 is 46.7 Å². The molecule has 0 radical (unpaired) electrons. The number of amides is 1. The van der Waals surface area contributed by atoms with E-state index in [1.54, 1.807) is 0 Å². The zero-order valence-electron chi connectivity index (χ0n) is 8.45. The van der Waals surface area contributed by atoms with Crippen molar-refractivity contribution < 1.29 is 26.7 Å². The Morgan fingerprint density at radius 3 is 1.71 bits per heavy atom. The number of carbonyl (C=O) groups is 1. The zero-order chi connectivity index (χ0) is 13.3. The van der Waals surface area contributed by atoms with Gasteiger partial charge in [0.05, 0.1) is 0 Å². The topological polar surface area (TPSA) is 55.1 Å². The number of primary amides is 1. The van der Waals surface area contributed by atoms with Crippen LogP contribution in [0.1, 0.15) is 6.92 Å². The first-order valence-electron chi connectivity index (χ1n) is 4.34. The summed E-state index contributed by atoms with van der Waals surface area (Å²) >= 11 is 0. The third kappa shape index (κ3) is 2.29. The number of carbonyl (C=O) groups excluding carboxylic acids is 1. The molecule has 0 aliphatic heterocycles. The lowest BCUT2D eigenvalue weighted by molar-refractivity contribution is -0.118. The van der Waals surface area contributed by atoms with Crippen molar-refractivity contribution in [2.24, 2.45) is 5.73 Å². The summed E-state index contributed by atoms with van der Waals surface area (Å²) in [5.74, 6) is -11.6. The Hall–Kier alpha value is -1.86. The summed E-state index contributed by atoms with van der Waals surface area (Å²) in [4.78, 5) is 10.6. The molecule has 1 aromatic carbocycles. The Bertz CT molecular complexity index is 448. The molecule has 0 aliphatic rings. The van der Waals surface area contributed by atoms with Crippen LogP contribution in [0.15, 0.2) is 0 Å². The number of hydrogen-bond donors (Lipinski definition) is 2. The molecule has 3 nitrogen and oxygen atoms in total. The van der Waals surface area contributed by atoms with E-state index in [1.165, 1.54) is 0 Å². The van der Waals surface area contributed by atoms with Crippen molar-refractivity contribution in [2.75, 3.05) is 5.32 Å². The first kappa shape index (κ1) is 13.2. The van der Waals surface area contributed by atoms with Gasteiger partial charge in [-0.2, -0.15) is 0 Å². The fraction of sp³-hybridized carbons (Fsp3) is 0.222. The van der Waals surface area contributed by atoms with Gasteiger partial charge in [-0.05, 0) is 6.92 Å². The van der Waals surface area contributed by atoms with E-state index in [0.29, 0.717) is 0 Å². The predicted octanol–water partition coefficient (Wildman–Crippen LogP) is 1.67. The fourth-order valence-corrected chi connectivity index (χ4v) is 1.02. The molecule has 1 atom stereocenters. The molecule has 0 aliphatic carbocycles. The van der Waals surface area contributed by atoms with Gasteiger partial charge in [0.1, 0.15) is 11.7 Å². The highest BCUT2D eigenvalue weighted by molar-refractivity contribution is 5.82. The first-order valence-corrected chi connectivity index (χ1v) is 4.34. The molecule has 17 heavy (non-hydrogen) atoms. The third-order valence-corrected chi connectivity index (χ3v) is 2.00. The summed E-state index contributed by atoms with van der Waals surface area (Å²) in [7, 11) is 0. The Labute approximate surface area is 92.4 Å². The van der Waals surface area contributed by atoms with Crippen LogP contribution in [-0.2, 0) is 4.79 Å². The first-order chi connectivity index (χ1) is 7.77. The van der Waals surface area contributed by atoms with Crippen molar-refractivity contribution >= 4 is 11.6 Å². The van der Waals surface area contributed by atoms with Gasteiger partial charge in [0.25, 0.3) is 0 Å². The van der Waals surface area contributed by atoms with E-state index >= 15 is 0 Å². The predicted molar refractivity (Wildman–Crippen MR) is 48.5 cm³/mol. The zero-order valence-corrected chi connectivity index (χ0v) is 8.45. The van der Waals surface area contributed by atoms with Crippen molar-refractivity contribution in [3.05, 3.63) is 29.1 Å². The molecule has 94 valence electrons. The van der Waals surface area contributed by atoms with Gasteiger partial charge in [0, 0.05) is 0 Å². The molecular formula is C9H7F5N2O. The van der Waals surface area contributed by atoms with Gasteiger partial charge in [0.15, 0.2) is 23.3 Å². The maximum absolute atomic E-state index is 13.1. The van der Waals surface area contributed by atoms with Gasteiger partial charge < -0.3 is 11.1 Å². The van der Waals surface area contributed by atoms with Crippen LogP contribution in [0.4, 0.5) is 27.6 Å². The molecule has 0 heterocycles. The second kappa shape index (κ2) is 4.56. The lowest BCUT2D eigenvalue weighted by Gasteiger charge is -2.14. The standard InChI is InChI=1S/C9H7F5N2O/c1-2(9(15)17)16-8-6(13)4(11)3(10)5(12)7(8)14/h2,16H,1H3,(H2,15,17). The van der Waals surface area contributed by atoms with Crippen LogP contribution in [0, 0.1) is 29.1 Å². The van der Waals surface area contributed by atoms with Crippen molar-refractivity contribution in [2.45, 2.75) is 13.0 Å².